The fraction of sp³-hybridized carbons (Fsp3) is 0.333. The van der Waals surface area contributed by atoms with E-state index >= 15 is 0 Å². The van der Waals surface area contributed by atoms with Gasteiger partial charge in [0, 0.05) is 41.1 Å². The minimum atomic E-state index is -0.0968. The Morgan fingerprint density at radius 2 is 1.86 bits per heavy atom. The van der Waals surface area contributed by atoms with E-state index in [9.17, 15) is 9.59 Å². The van der Waals surface area contributed by atoms with Gasteiger partial charge in [0.05, 0.1) is 0 Å². The van der Waals surface area contributed by atoms with Crippen molar-refractivity contribution in [3.05, 3.63) is 34.4 Å². The van der Waals surface area contributed by atoms with Gasteiger partial charge in [-0.25, -0.2) is 0 Å². The first kappa shape index (κ1) is 15.6. The second-order valence-corrected chi connectivity index (χ2v) is 5.63. The van der Waals surface area contributed by atoms with Gasteiger partial charge in [-0.15, -0.1) is 0 Å². The van der Waals surface area contributed by atoms with Crippen molar-refractivity contribution < 1.29 is 9.59 Å². The van der Waals surface area contributed by atoms with Crippen LogP contribution in [-0.4, -0.2) is 29.5 Å². The maximum atomic E-state index is 12.0. The minimum absolute atomic E-state index is 0.0725. The van der Waals surface area contributed by atoms with Crippen LogP contribution in [0.1, 0.15) is 12.6 Å². The maximum Gasteiger partial charge on any atom is 0.240 e. The van der Waals surface area contributed by atoms with E-state index in [1.807, 2.05) is 35.8 Å². The molecule has 0 aliphatic carbocycles. The summed E-state index contributed by atoms with van der Waals surface area (Å²) in [5, 5.41) is 6.54. The molecule has 6 heteroatoms. The van der Waals surface area contributed by atoms with Crippen LogP contribution in [0.5, 0.6) is 0 Å². The van der Waals surface area contributed by atoms with Crippen molar-refractivity contribution in [2.45, 2.75) is 20.4 Å². The molecule has 0 radical (unpaired) electrons. The number of hydrogen-bond acceptors (Lipinski definition) is 2. The van der Waals surface area contributed by atoms with Crippen molar-refractivity contribution in [2.75, 3.05) is 13.1 Å². The molecule has 0 aliphatic heterocycles. The Balaban J connectivity index is 2.04. The van der Waals surface area contributed by atoms with Gasteiger partial charge in [0.25, 0.3) is 0 Å². The third-order valence-electron chi connectivity index (χ3n) is 3.28. The second-order valence-electron chi connectivity index (χ2n) is 4.84. The molecule has 0 unspecified atom stereocenters. The lowest BCUT2D eigenvalue weighted by Gasteiger charge is -2.09. The molecular formula is C15H18BrN3O2. The molecule has 0 aliphatic rings. The molecule has 5 nitrogen and oxygen atoms in total. The van der Waals surface area contributed by atoms with Crippen LogP contribution >= 0.6 is 15.9 Å². The van der Waals surface area contributed by atoms with Crippen LogP contribution in [0, 0.1) is 6.92 Å². The number of hydrogen-bond donors (Lipinski definition) is 2. The second kappa shape index (κ2) is 6.76. The Kier molecular flexibility index (Phi) is 5.01. The highest BCUT2D eigenvalue weighted by atomic mass is 79.9. The average molecular weight is 352 g/mol. The van der Waals surface area contributed by atoms with Gasteiger partial charge in [-0.3, -0.25) is 9.59 Å². The van der Waals surface area contributed by atoms with E-state index in [2.05, 4.69) is 26.6 Å². The molecule has 1 aromatic carbocycles. The summed E-state index contributed by atoms with van der Waals surface area (Å²) in [4.78, 5) is 22.7. The number of carbonyl (C=O) groups excluding carboxylic acids is 2. The standard InChI is InChI=1S/C15H18BrN3O2/c1-10-15(16)12-5-3-4-6-13(12)19(10)9-14(21)18-8-7-17-11(2)20/h3-6H,7-9H2,1-2H3,(H,17,20)(H,18,21). The molecule has 0 fully saturated rings. The van der Waals surface area contributed by atoms with Crippen LogP contribution in [0.3, 0.4) is 0 Å². The number of para-hydroxylation sites is 1. The highest BCUT2D eigenvalue weighted by Gasteiger charge is 2.13. The SMILES string of the molecule is CC(=O)NCCNC(=O)Cn1c(C)c(Br)c2ccccc21. The highest BCUT2D eigenvalue weighted by Crippen LogP contribution is 2.30. The molecule has 0 spiro atoms. The molecule has 0 saturated heterocycles. The summed E-state index contributed by atoms with van der Waals surface area (Å²) in [6, 6.07) is 7.96. The predicted molar refractivity (Wildman–Crippen MR) is 86.1 cm³/mol. The predicted octanol–water partition coefficient (Wildman–Crippen LogP) is 1.96. The van der Waals surface area contributed by atoms with E-state index in [4.69, 9.17) is 0 Å². The first-order chi connectivity index (χ1) is 10.0. The number of carbonyl (C=O) groups is 2. The van der Waals surface area contributed by atoms with Crippen molar-refractivity contribution in [2.24, 2.45) is 0 Å². The lowest BCUT2D eigenvalue weighted by Crippen LogP contribution is -2.35. The molecule has 1 aromatic heterocycles. The van der Waals surface area contributed by atoms with Gasteiger partial charge in [0.2, 0.25) is 11.8 Å². The normalized spacial score (nSPS) is 10.6. The van der Waals surface area contributed by atoms with E-state index in [0.29, 0.717) is 13.1 Å². The molecule has 1 heterocycles. The number of nitrogens with zero attached hydrogens (tertiary/aromatic N) is 1. The zero-order valence-corrected chi connectivity index (χ0v) is 13.7. The number of halogens is 1. The molecule has 112 valence electrons. The highest BCUT2D eigenvalue weighted by molar-refractivity contribution is 9.10. The lowest BCUT2D eigenvalue weighted by atomic mass is 10.2. The maximum absolute atomic E-state index is 12.0. The van der Waals surface area contributed by atoms with E-state index < -0.39 is 0 Å². The Morgan fingerprint density at radius 3 is 2.57 bits per heavy atom. The van der Waals surface area contributed by atoms with Crippen LogP contribution in [0.2, 0.25) is 0 Å². The molecule has 0 atom stereocenters. The van der Waals surface area contributed by atoms with Crippen LogP contribution < -0.4 is 10.6 Å². The number of amides is 2. The third-order valence-corrected chi connectivity index (χ3v) is 4.28. The molecule has 2 aromatic rings. The average Bonchev–Trinajstić information content (AvgIpc) is 2.69. The van der Waals surface area contributed by atoms with Crippen molar-refractivity contribution in [3.8, 4) is 0 Å². The summed E-state index contributed by atoms with van der Waals surface area (Å²) in [7, 11) is 0. The van der Waals surface area contributed by atoms with E-state index in [0.717, 1.165) is 21.1 Å². The summed E-state index contributed by atoms with van der Waals surface area (Å²) >= 11 is 3.57. The van der Waals surface area contributed by atoms with Crippen molar-refractivity contribution >= 4 is 38.6 Å². The molecule has 2 amide bonds. The van der Waals surface area contributed by atoms with E-state index in [1.165, 1.54) is 6.92 Å². The first-order valence-corrected chi connectivity index (χ1v) is 7.54. The summed E-state index contributed by atoms with van der Waals surface area (Å²) < 4.78 is 3.00. The third kappa shape index (κ3) is 3.64. The number of fused-ring (bicyclic) bond motifs is 1. The quantitative estimate of drug-likeness (QED) is 0.809. The Morgan fingerprint density at radius 1 is 1.19 bits per heavy atom. The van der Waals surface area contributed by atoms with Gasteiger partial charge in [0.1, 0.15) is 6.54 Å². The number of rotatable bonds is 5. The van der Waals surface area contributed by atoms with Crippen LogP contribution in [-0.2, 0) is 16.1 Å². The van der Waals surface area contributed by atoms with Crippen LogP contribution in [0.25, 0.3) is 10.9 Å². The largest absolute Gasteiger partial charge is 0.355 e. The number of aromatic nitrogens is 1. The summed E-state index contributed by atoms with van der Waals surface area (Å²) in [6.07, 6.45) is 0. The monoisotopic (exact) mass is 351 g/mol. The summed E-state index contributed by atoms with van der Waals surface area (Å²) in [5.41, 5.74) is 2.05. The Bertz CT molecular complexity index is 679. The van der Waals surface area contributed by atoms with Crippen LogP contribution in [0.15, 0.2) is 28.7 Å². The zero-order chi connectivity index (χ0) is 15.4. The zero-order valence-electron chi connectivity index (χ0n) is 12.1. The van der Waals surface area contributed by atoms with Gasteiger partial charge in [-0.1, -0.05) is 18.2 Å². The minimum Gasteiger partial charge on any atom is -0.355 e. The molecular weight excluding hydrogens is 334 g/mol. The topological polar surface area (TPSA) is 63.1 Å². The number of nitrogens with one attached hydrogen (secondary N) is 2. The summed E-state index contributed by atoms with van der Waals surface area (Å²) in [5.74, 6) is -0.169. The van der Waals surface area contributed by atoms with Gasteiger partial charge in [-0.05, 0) is 28.9 Å². The Hall–Kier alpha value is -1.82. The summed E-state index contributed by atoms with van der Waals surface area (Å²) in [6.45, 7) is 4.56. The van der Waals surface area contributed by atoms with Crippen molar-refractivity contribution in [3.63, 3.8) is 0 Å². The molecule has 0 saturated carbocycles. The first-order valence-electron chi connectivity index (χ1n) is 6.75. The van der Waals surface area contributed by atoms with E-state index in [-0.39, 0.29) is 18.4 Å². The van der Waals surface area contributed by atoms with E-state index in [1.54, 1.807) is 0 Å². The fourth-order valence-corrected chi connectivity index (χ4v) is 2.78. The van der Waals surface area contributed by atoms with Crippen molar-refractivity contribution in [1.82, 2.24) is 15.2 Å². The smallest absolute Gasteiger partial charge is 0.240 e. The molecule has 2 N–H and O–H groups in total. The van der Waals surface area contributed by atoms with Gasteiger partial charge < -0.3 is 15.2 Å². The lowest BCUT2D eigenvalue weighted by molar-refractivity contribution is -0.122. The Labute approximate surface area is 131 Å². The van der Waals surface area contributed by atoms with Gasteiger partial charge in [0.15, 0.2) is 0 Å². The number of benzene rings is 1. The fourth-order valence-electron chi connectivity index (χ4n) is 2.23. The van der Waals surface area contributed by atoms with Crippen LogP contribution in [0.4, 0.5) is 0 Å². The molecule has 2 rings (SSSR count). The van der Waals surface area contributed by atoms with Gasteiger partial charge in [-0.2, -0.15) is 0 Å². The van der Waals surface area contributed by atoms with Gasteiger partial charge >= 0.3 is 0 Å². The van der Waals surface area contributed by atoms with Crippen molar-refractivity contribution in [1.29, 1.82) is 0 Å². The molecule has 21 heavy (non-hydrogen) atoms. The molecule has 0 bridgehead atoms.